The highest BCUT2D eigenvalue weighted by molar-refractivity contribution is 8.14. The number of nitrogens with zero attached hydrogens (tertiary/aromatic N) is 4. The number of carbonyl (C=O) groups excluding carboxylic acids is 5. The lowest BCUT2D eigenvalue weighted by molar-refractivity contribution is -0.166. The summed E-state index contributed by atoms with van der Waals surface area (Å²) in [6.45, 7) is 17.7. The number of thioether (sulfide) groups is 1. The van der Waals surface area contributed by atoms with Gasteiger partial charge in [0.05, 0.1) is 24.3 Å². The zero-order chi connectivity index (χ0) is 43.9. The Hall–Kier alpha value is -3.71. The minimum atomic E-state index is -0.957. The van der Waals surface area contributed by atoms with Crippen LogP contribution < -0.4 is 4.74 Å². The van der Waals surface area contributed by atoms with E-state index in [-0.39, 0.29) is 54.2 Å². The van der Waals surface area contributed by atoms with Gasteiger partial charge < -0.3 is 29.3 Å². The van der Waals surface area contributed by atoms with Crippen molar-refractivity contribution in [1.29, 1.82) is 0 Å². The molecule has 0 spiro atoms. The number of likely N-dealkylation sites (N-methyl/N-ethyl adjacent to an activating group) is 2. The molecule has 1 aromatic carbocycles. The van der Waals surface area contributed by atoms with Gasteiger partial charge in [0, 0.05) is 44.6 Å². The van der Waals surface area contributed by atoms with Crippen molar-refractivity contribution in [3.8, 4) is 5.75 Å². The third-order valence-electron chi connectivity index (χ3n) is 12.7. The van der Waals surface area contributed by atoms with Crippen LogP contribution in [0.4, 0.5) is 0 Å². The Morgan fingerprint density at radius 3 is 2.25 bits per heavy atom. The van der Waals surface area contributed by atoms with Crippen molar-refractivity contribution in [2.75, 3.05) is 33.5 Å². The van der Waals surface area contributed by atoms with Gasteiger partial charge in [0.2, 0.25) is 17.7 Å². The van der Waals surface area contributed by atoms with Gasteiger partial charge in [-0.25, -0.2) is 4.79 Å². The lowest BCUT2D eigenvalue weighted by atomic mass is 9.81. The summed E-state index contributed by atoms with van der Waals surface area (Å²) >= 11 is 1.58. The topological polar surface area (TPSA) is 146 Å². The third kappa shape index (κ3) is 12.0. The van der Waals surface area contributed by atoms with Gasteiger partial charge in [-0.05, 0) is 86.5 Å². The number of esters is 1. The predicted molar refractivity (Wildman–Crippen MR) is 233 cm³/mol. The number of ketones is 1. The van der Waals surface area contributed by atoms with Crippen LogP contribution >= 0.6 is 11.8 Å². The Balaban J connectivity index is 1.74. The Bertz CT molecular complexity index is 1720. The van der Waals surface area contributed by atoms with Crippen LogP contribution in [0, 0.1) is 29.1 Å². The number of benzene rings is 1. The number of hydrogen-bond acceptors (Lipinski definition) is 10. The van der Waals surface area contributed by atoms with Crippen molar-refractivity contribution >= 4 is 46.3 Å². The van der Waals surface area contributed by atoms with Gasteiger partial charge in [0.25, 0.3) is 0 Å². The fraction of sp³-hybridized carbons (Fsp3) is 0.696. The maximum atomic E-state index is 14.6. The van der Waals surface area contributed by atoms with Crippen molar-refractivity contribution in [2.45, 2.75) is 144 Å². The van der Waals surface area contributed by atoms with Crippen LogP contribution in [-0.4, -0.2) is 124 Å². The van der Waals surface area contributed by atoms with Crippen LogP contribution in [0.2, 0.25) is 0 Å². The first-order valence-electron chi connectivity index (χ1n) is 21.5. The summed E-state index contributed by atoms with van der Waals surface area (Å²) in [5.74, 6) is -1.70. The van der Waals surface area contributed by atoms with Crippen molar-refractivity contribution < 1.29 is 38.6 Å². The van der Waals surface area contributed by atoms with Crippen LogP contribution in [0.1, 0.15) is 106 Å². The van der Waals surface area contributed by atoms with E-state index in [1.807, 2.05) is 71.9 Å². The largest absolute Gasteiger partial charge is 0.497 e. The number of aliphatic imine (C=N–C) groups is 1. The fourth-order valence-electron chi connectivity index (χ4n) is 8.38. The lowest BCUT2D eigenvalue weighted by Crippen LogP contribution is -2.58. The molecule has 1 saturated heterocycles. The average molecular weight is 839 g/mol. The molecule has 0 saturated carbocycles. The molecule has 3 heterocycles. The second kappa shape index (κ2) is 20.7. The molecule has 3 aliphatic heterocycles. The van der Waals surface area contributed by atoms with E-state index in [2.05, 4.69) is 6.92 Å². The zero-order valence-corrected chi connectivity index (χ0v) is 38.3. The number of allylic oxidation sites excluding steroid dienone is 1. The van der Waals surface area contributed by atoms with Crippen LogP contribution in [0.5, 0.6) is 5.75 Å². The molecule has 1 aromatic rings. The van der Waals surface area contributed by atoms with Crippen LogP contribution in [0.15, 0.2) is 40.9 Å². The highest BCUT2D eigenvalue weighted by Crippen LogP contribution is 2.34. The van der Waals surface area contributed by atoms with Gasteiger partial charge in [0.15, 0.2) is 5.78 Å². The van der Waals surface area contributed by atoms with E-state index in [0.717, 1.165) is 10.6 Å². The number of rotatable bonds is 5. The predicted octanol–water partition coefficient (Wildman–Crippen LogP) is 6.37. The van der Waals surface area contributed by atoms with Gasteiger partial charge in [-0.2, -0.15) is 0 Å². The summed E-state index contributed by atoms with van der Waals surface area (Å²) < 4.78 is 11.6. The first-order valence-corrected chi connectivity index (χ1v) is 22.4. The van der Waals surface area contributed by atoms with E-state index >= 15 is 0 Å². The molecule has 2 bridgehead atoms. The molecule has 10 atom stereocenters. The summed E-state index contributed by atoms with van der Waals surface area (Å²) in [6.07, 6.45) is 3.56. The molecule has 13 heteroatoms. The Labute approximate surface area is 356 Å². The Kier molecular flexibility index (Phi) is 16.8. The maximum absolute atomic E-state index is 14.6. The summed E-state index contributed by atoms with van der Waals surface area (Å²) in [4.78, 5) is 80.7. The van der Waals surface area contributed by atoms with Gasteiger partial charge in [-0.3, -0.25) is 24.2 Å². The number of ether oxygens (including phenoxy) is 2. The normalized spacial score (nSPS) is 31.8. The molecule has 3 amide bonds. The van der Waals surface area contributed by atoms with Crippen molar-refractivity contribution in [2.24, 2.45) is 34.1 Å². The number of Topliss-reactive ketones (excluding diaryl/α,β-unsaturated/α-hetero) is 1. The van der Waals surface area contributed by atoms with E-state index in [1.165, 1.54) is 9.80 Å². The quantitative estimate of drug-likeness (QED) is 0.335. The molecule has 59 heavy (non-hydrogen) atoms. The Morgan fingerprint density at radius 1 is 0.983 bits per heavy atom. The molecular formula is C46H70N4O8S. The monoisotopic (exact) mass is 838 g/mol. The van der Waals surface area contributed by atoms with E-state index in [1.54, 1.807) is 51.7 Å². The minimum Gasteiger partial charge on any atom is -0.497 e. The summed E-state index contributed by atoms with van der Waals surface area (Å²) in [5, 5.41) is 12.3. The minimum absolute atomic E-state index is 0.00552. The SMILES string of the molecule is CC[C@H](C)[C@H]1C(=O)N2CCC[C@H]2C(=O)O[C@H](C(C)(C)C)C[C@@H](C)C[C@H](O)[C@H](C)C2=N[C@@H](/C=C(\C)C(=O)C[C@@H](Cc3ccc(OC)cc3)C(=O)N(C)[C@@H](C)C(=O)N1C)CS2. The number of methoxy groups -OCH3 is 1. The molecule has 3 aliphatic rings. The zero-order valence-electron chi connectivity index (χ0n) is 37.5. The van der Waals surface area contributed by atoms with Crippen molar-refractivity contribution in [1.82, 2.24) is 14.7 Å². The molecule has 328 valence electrons. The van der Waals surface area contributed by atoms with Crippen molar-refractivity contribution in [3.05, 3.63) is 41.5 Å². The van der Waals surface area contributed by atoms with Crippen molar-refractivity contribution in [3.63, 3.8) is 0 Å². The fourth-order valence-corrected chi connectivity index (χ4v) is 9.52. The first-order chi connectivity index (χ1) is 27.7. The van der Waals surface area contributed by atoms with Crippen LogP contribution in [-0.2, 0) is 35.1 Å². The highest BCUT2D eigenvalue weighted by atomic mass is 32.2. The smallest absolute Gasteiger partial charge is 0.329 e. The molecule has 1 fully saturated rings. The average Bonchev–Trinajstić information content (AvgIpc) is 3.89. The number of fused-ring (bicyclic) bond motifs is 2. The van der Waals surface area contributed by atoms with Gasteiger partial charge in [-0.1, -0.05) is 73.1 Å². The number of aliphatic hydroxyl groups excluding tert-OH is 1. The van der Waals surface area contributed by atoms with Gasteiger partial charge in [0.1, 0.15) is 30.0 Å². The number of carbonyl (C=O) groups is 5. The summed E-state index contributed by atoms with van der Waals surface area (Å²) in [6, 6.07) is 4.46. The molecular weight excluding hydrogens is 769 g/mol. The molecule has 0 unspecified atom stereocenters. The van der Waals surface area contributed by atoms with Crippen LogP contribution in [0.25, 0.3) is 0 Å². The van der Waals surface area contributed by atoms with E-state index in [0.29, 0.717) is 55.7 Å². The Morgan fingerprint density at radius 2 is 1.64 bits per heavy atom. The van der Waals surface area contributed by atoms with E-state index < -0.39 is 53.5 Å². The maximum Gasteiger partial charge on any atom is 0.329 e. The molecule has 12 nitrogen and oxygen atoms in total. The first kappa shape index (κ1) is 48.0. The molecule has 0 radical (unpaired) electrons. The summed E-state index contributed by atoms with van der Waals surface area (Å²) in [7, 11) is 4.74. The van der Waals surface area contributed by atoms with E-state index in [4.69, 9.17) is 14.5 Å². The standard InChI is InChI=1S/C46H70N4O8S/c1-13-28(3)40-44(55)50-20-14-15-36(50)45(56)58-39(46(7,8)9)22-27(2)21-38(52)30(5)41-47-34(26-59-41)23-29(4)37(51)25-33(24-32-16-18-35(57-12)19-17-32)43(54)48(10)31(6)42(53)49(40)11/h16-19,23,27-28,30-31,33-34,36,38-40,52H,13-15,20-22,24-26H2,1-12H3/b29-23+/t27-,28-,30-,31-,33+,34-,36-,38-,39-,40-/m0/s1. The molecule has 1 N–H and O–H groups in total. The molecule has 4 rings (SSSR count). The van der Waals surface area contributed by atoms with Gasteiger partial charge in [-0.15, -0.1) is 11.8 Å². The summed E-state index contributed by atoms with van der Waals surface area (Å²) in [5.41, 5.74) is 0.937. The molecule has 0 aromatic heterocycles. The highest BCUT2D eigenvalue weighted by Gasteiger charge is 2.44. The second-order valence-electron chi connectivity index (χ2n) is 18.4. The number of cyclic esters (lactones) is 1. The second-order valence-corrected chi connectivity index (χ2v) is 19.4. The van der Waals surface area contributed by atoms with Crippen LogP contribution in [0.3, 0.4) is 0 Å². The van der Waals surface area contributed by atoms with E-state index in [9.17, 15) is 29.1 Å². The number of aliphatic hydroxyl groups is 1. The third-order valence-corrected chi connectivity index (χ3v) is 14.0. The number of amides is 3. The van der Waals surface area contributed by atoms with Gasteiger partial charge >= 0.3 is 5.97 Å². The number of hydrogen-bond donors (Lipinski definition) is 1. The lowest BCUT2D eigenvalue weighted by Gasteiger charge is -2.39. The molecule has 0 aliphatic carbocycles.